The summed E-state index contributed by atoms with van der Waals surface area (Å²) in [6.45, 7) is 1.55. The average Bonchev–Trinajstić information content (AvgIpc) is 3.21. The van der Waals surface area contributed by atoms with Crippen LogP contribution in [-0.2, 0) is 21.7 Å². The van der Waals surface area contributed by atoms with E-state index in [2.05, 4.69) is 15.6 Å². The number of fused-ring (bicyclic) bond motifs is 1. The second-order valence-electron chi connectivity index (χ2n) is 6.66. The molecule has 0 bridgehead atoms. The SMILES string of the molecule is CC1(c2ccccc2)NC(=O)N(CC(=O)NCc2nc3ccccc3s2)C1=O. The number of nitrogens with zero attached hydrogens (tertiary/aromatic N) is 2. The van der Waals surface area contributed by atoms with Crippen molar-refractivity contribution in [2.75, 3.05) is 6.54 Å². The molecule has 4 amide bonds. The van der Waals surface area contributed by atoms with Crippen LogP contribution in [0.5, 0.6) is 0 Å². The van der Waals surface area contributed by atoms with Crippen molar-refractivity contribution in [1.29, 1.82) is 0 Å². The number of aromatic nitrogens is 1. The lowest BCUT2D eigenvalue weighted by atomic mass is 9.92. The van der Waals surface area contributed by atoms with Crippen molar-refractivity contribution in [2.45, 2.75) is 19.0 Å². The standard InChI is InChI=1S/C20H18N4O3S/c1-20(13-7-3-2-4-8-13)18(26)24(19(27)23-20)12-16(25)21-11-17-22-14-9-5-6-10-15(14)28-17/h2-10H,11-12H2,1H3,(H,21,25)(H,23,27). The van der Waals surface area contributed by atoms with E-state index in [0.29, 0.717) is 5.56 Å². The Morgan fingerprint density at radius 2 is 1.86 bits per heavy atom. The zero-order chi connectivity index (χ0) is 19.7. The number of thiazole rings is 1. The summed E-state index contributed by atoms with van der Waals surface area (Å²) in [5.41, 5.74) is 0.376. The first kappa shape index (κ1) is 18.1. The Hall–Kier alpha value is -3.26. The second kappa shape index (κ2) is 7.05. The van der Waals surface area contributed by atoms with E-state index in [1.54, 1.807) is 31.2 Å². The molecular weight excluding hydrogens is 376 g/mol. The summed E-state index contributed by atoms with van der Waals surface area (Å²) in [5.74, 6) is -0.862. The lowest BCUT2D eigenvalue weighted by Gasteiger charge is -2.22. The van der Waals surface area contributed by atoms with Crippen molar-refractivity contribution >= 4 is 39.4 Å². The molecule has 0 saturated carbocycles. The second-order valence-corrected chi connectivity index (χ2v) is 7.78. The minimum Gasteiger partial charge on any atom is -0.348 e. The fourth-order valence-corrected chi connectivity index (χ4v) is 4.08. The van der Waals surface area contributed by atoms with Gasteiger partial charge in [0.15, 0.2) is 0 Å². The quantitative estimate of drug-likeness (QED) is 0.650. The Labute approximate surface area is 165 Å². The Balaban J connectivity index is 1.41. The topological polar surface area (TPSA) is 91.4 Å². The van der Waals surface area contributed by atoms with E-state index in [4.69, 9.17) is 0 Å². The van der Waals surface area contributed by atoms with Gasteiger partial charge < -0.3 is 10.6 Å². The van der Waals surface area contributed by atoms with Crippen molar-refractivity contribution in [3.8, 4) is 0 Å². The molecule has 1 aromatic heterocycles. The number of carbonyl (C=O) groups excluding carboxylic acids is 3. The first-order valence-corrected chi connectivity index (χ1v) is 9.60. The van der Waals surface area contributed by atoms with Gasteiger partial charge in [-0.2, -0.15) is 0 Å². The van der Waals surface area contributed by atoms with E-state index < -0.39 is 23.4 Å². The molecule has 8 heteroatoms. The van der Waals surface area contributed by atoms with Crippen LogP contribution in [0.25, 0.3) is 10.2 Å². The molecule has 2 aromatic carbocycles. The third kappa shape index (κ3) is 3.22. The van der Waals surface area contributed by atoms with Gasteiger partial charge in [0.05, 0.1) is 16.8 Å². The van der Waals surface area contributed by atoms with Gasteiger partial charge >= 0.3 is 6.03 Å². The molecule has 2 N–H and O–H groups in total. The molecule has 2 heterocycles. The van der Waals surface area contributed by atoms with Crippen molar-refractivity contribution in [3.05, 3.63) is 65.2 Å². The molecule has 7 nitrogen and oxygen atoms in total. The zero-order valence-corrected chi connectivity index (χ0v) is 16.0. The Morgan fingerprint density at radius 3 is 2.61 bits per heavy atom. The van der Waals surface area contributed by atoms with Crippen LogP contribution in [0.1, 0.15) is 17.5 Å². The highest BCUT2D eigenvalue weighted by Crippen LogP contribution is 2.28. The van der Waals surface area contributed by atoms with E-state index in [-0.39, 0.29) is 13.1 Å². The smallest absolute Gasteiger partial charge is 0.325 e. The number of urea groups is 1. The van der Waals surface area contributed by atoms with Crippen molar-refractivity contribution in [2.24, 2.45) is 0 Å². The zero-order valence-electron chi connectivity index (χ0n) is 15.1. The Morgan fingerprint density at radius 1 is 1.14 bits per heavy atom. The number of carbonyl (C=O) groups is 3. The molecule has 1 atom stereocenters. The minimum atomic E-state index is -1.17. The van der Waals surface area contributed by atoms with Crippen molar-refractivity contribution in [3.63, 3.8) is 0 Å². The van der Waals surface area contributed by atoms with Crippen LogP contribution in [0, 0.1) is 0 Å². The fourth-order valence-electron chi connectivity index (χ4n) is 3.18. The van der Waals surface area contributed by atoms with E-state index in [9.17, 15) is 14.4 Å². The number of hydrogen-bond donors (Lipinski definition) is 2. The summed E-state index contributed by atoms with van der Waals surface area (Å²) in [6.07, 6.45) is 0. The molecule has 4 rings (SSSR count). The van der Waals surface area contributed by atoms with Crippen LogP contribution in [0.4, 0.5) is 4.79 Å². The maximum atomic E-state index is 12.8. The predicted octanol–water partition coefficient (Wildman–Crippen LogP) is 2.38. The molecule has 1 aliphatic rings. The normalized spacial score (nSPS) is 19.1. The molecule has 1 fully saturated rings. The number of nitrogens with one attached hydrogen (secondary N) is 2. The lowest BCUT2D eigenvalue weighted by molar-refractivity contribution is -0.134. The fraction of sp³-hybridized carbons (Fsp3) is 0.200. The van der Waals surface area contributed by atoms with Crippen LogP contribution in [-0.4, -0.2) is 34.3 Å². The summed E-state index contributed by atoms with van der Waals surface area (Å²) in [4.78, 5) is 42.8. The first-order valence-electron chi connectivity index (χ1n) is 8.78. The van der Waals surface area contributed by atoms with Crippen LogP contribution in [0.2, 0.25) is 0 Å². The maximum absolute atomic E-state index is 12.8. The summed E-state index contributed by atoms with van der Waals surface area (Å²) in [7, 11) is 0. The molecule has 1 aliphatic heterocycles. The van der Waals surface area contributed by atoms with Gasteiger partial charge in [-0.3, -0.25) is 14.5 Å². The molecular formula is C20H18N4O3S. The van der Waals surface area contributed by atoms with Gasteiger partial charge in [-0.25, -0.2) is 9.78 Å². The molecule has 1 unspecified atom stereocenters. The molecule has 0 aliphatic carbocycles. The lowest BCUT2D eigenvalue weighted by Crippen LogP contribution is -2.43. The van der Waals surface area contributed by atoms with E-state index in [0.717, 1.165) is 20.1 Å². The number of amides is 4. The highest BCUT2D eigenvalue weighted by Gasteiger charge is 2.49. The number of rotatable bonds is 5. The van der Waals surface area contributed by atoms with E-state index in [1.807, 2.05) is 30.3 Å². The summed E-state index contributed by atoms with van der Waals surface area (Å²) in [6, 6.07) is 16.1. The maximum Gasteiger partial charge on any atom is 0.325 e. The first-order chi connectivity index (χ1) is 13.5. The van der Waals surface area contributed by atoms with E-state index in [1.165, 1.54) is 11.3 Å². The van der Waals surface area contributed by atoms with Crippen LogP contribution in [0.3, 0.4) is 0 Å². The highest BCUT2D eigenvalue weighted by molar-refractivity contribution is 7.18. The molecule has 142 valence electrons. The predicted molar refractivity (Wildman–Crippen MR) is 106 cm³/mol. The molecule has 1 saturated heterocycles. The van der Waals surface area contributed by atoms with Gasteiger partial charge in [-0.05, 0) is 24.6 Å². The minimum absolute atomic E-state index is 0.248. The van der Waals surface area contributed by atoms with Gasteiger partial charge in [-0.1, -0.05) is 42.5 Å². The van der Waals surface area contributed by atoms with Gasteiger partial charge in [0, 0.05) is 0 Å². The van der Waals surface area contributed by atoms with Gasteiger partial charge in [0.1, 0.15) is 17.1 Å². The number of para-hydroxylation sites is 1. The van der Waals surface area contributed by atoms with Gasteiger partial charge in [-0.15, -0.1) is 11.3 Å². The molecule has 0 spiro atoms. The third-order valence-corrected chi connectivity index (χ3v) is 5.74. The van der Waals surface area contributed by atoms with Crippen molar-refractivity contribution in [1.82, 2.24) is 20.5 Å². The average molecular weight is 394 g/mol. The van der Waals surface area contributed by atoms with Crippen LogP contribution >= 0.6 is 11.3 Å². The number of hydrogen-bond acceptors (Lipinski definition) is 5. The van der Waals surface area contributed by atoms with Gasteiger partial charge in [0.2, 0.25) is 5.91 Å². The van der Waals surface area contributed by atoms with Crippen LogP contribution < -0.4 is 10.6 Å². The third-order valence-electron chi connectivity index (χ3n) is 4.70. The Bertz CT molecular complexity index is 1030. The largest absolute Gasteiger partial charge is 0.348 e. The summed E-state index contributed by atoms with van der Waals surface area (Å²) < 4.78 is 1.04. The van der Waals surface area contributed by atoms with Crippen molar-refractivity contribution < 1.29 is 14.4 Å². The molecule has 3 aromatic rings. The highest BCUT2D eigenvalue weighted by atomic mass is 32.1. The monoisotopic (exact) mass is 394 g/mol. The molecule has 0 radical (unpaired) electrons. The van der Waals surface area contributed by atoms with E-state index >= 15 is 0 Å². The van der Waals surface area contributed by atoms with Gasteiger partial charge in [0.25, 0.3) is 5.91 Å². The number of imide groups is 1. The Kier molecular flexibility index (Phi) is 4.56. The molecule has 28 heavy (non-hydrogen) atoms. The van der Waals surface area contributed by atoms with Crippen LogP contribution in [0.15, 0.2) is 54.6 Å². The summed E-state index contributed by atoms with van der Waals surface area (Å²) in [5, 5.41) is 6.19. The summed E-state index contributed by atoms with van der Waals surface area (Å²) >= 11 is 1.49. The number of benzene rings is 2.